The van der Waals surface area contributed by atoms with Gasteiger partial charge >= 0.3 is 11.9 Å². The summed E-state index contributed by atoms with van der Waals surface area (Å²) in [5.74, 6) is -1.64. The Bertz CT molecular complexity index is 467. The lowest BCUT2D eigenvalue weighted by molar-refractivity contribution is -0.147. The number of carboxylic acid groups (broad SMARTS) is 1. The molecule has 1 aromatic rings. The molecule has 0 aliphatic rings. The van der Waals surface area contributed by atoms with Crippen molar-refractivity contribution in [2.45, 2.75) is 32.8 Å². The summed E-state index contributed by atoms with van der Waals surface area (Å²) in [6, 6.07) is 5.17. The molecule has 0 fully saturated rings. The number of carbonyl (C=O) groups is 2. The Labute approximate surface area is 111 Å². The van der Waals surface area contributed by atoms with E-state index >= 15 is 0 Å². The number of ether oxygens (including phenoxy) is 1. The monoisotopic (exact) mass is 266 g/mol. The number of hydrogen-bond acceptors (Lipinski definition) is 4. The Balaban J connectivity index is 2.88. The molecule has 0 aliphatic carbocycles. The summed E-state index contributed by atoms with van der Waals surface area (Å²) in [5.41, 5.74) is 1.83. The van der Waals surface area contributed by atoms with E-state index in [0.29, 0.717) is 24.2 Å². The highest BCUT2D eigenvalue weighted by molar-refractivity contribution is 5.75. The van der Waals surface area contributed by atoms with Crippen molar-refractivity contribution in [1.29, 1.82) is 0 Å². The molecule has 2 N–H and O–H groups in total. The number of aliphatic hydroxyl groups excluding tert-OH is 1. The van der Waals surface area contributed by atoms with Crippen LogP contribution in [0.4, 0.5) is 0 Å². The molecular weight excluding hydrogens is 248 g/mol. The lowest BCUT2D eigenvalue weighted by Crippen LogP contribution is -2.14. The molecule has 0 spiro atoms. The highest BCUT2D eigenvalue weighted by Gasteiger charge is 2.20. The Morgan fingerprint density at radius 2 is 2.05 bits per heavy atom. The number of rotatable bonds is 6. The first-order valence-corrected chi connectivity index (χ1v) is 6.11. The van der Waals surface area contributed by atoms with Gasteiger partial charge in [-0.2, -0.15) is 0 Å². The molecule has 0 amide bonds. The van der Waals surface area contributed by atoms with Gasteiger partial charge in [0, 0.05) is 6.42 Å². The van der Waals surface area contributed by atoms with E-state index in [0.717, 1.165) is 5.56 Å². The Kier molecular flexibility index (Phi) is 5.51. The summed E-state index contributed by atoms with van der Waals surface area (Å²) in [6.45, 7) is 3.86. The Morgan fingerprint density at radius 3 is 2.63 bits per heavy atom. The van der Waals surface area contributed by atoms with Gasteiger partial charge in [-0.15, -0.1) is 0 Å². The maximum absolute atomic E-state index is 11.3. The summed E-state index contributed by atoms with van der Waals surface area (Å²) >= 11 is 0. The molecule has 0 saturated carbocycles. The lowest BCUT2D eigenvalue weighted by atomic mass is 9.96. The van der Waals surface area contributed by atoms with Crippen LogP contribution in [-0.2, 0) is 20.7 Å². The van der Waals surface area contributed by atoms with Crippen molar-refractivity contribution in [3.8, 4) is 0 Å². The van der Waals surface area contributed by atoms with Crippen molar-refractivity contribution in [2.75, 3.05) is 6.61 Å². The average Bonchev–Trinajstić information content (AvgIpc) is 2.36. The second-order valence-electron chi connectivity index (χ2n) is 4.25. The molecule has 0 heterocycles. The summed E-state index contributed by atoms with van der Waals surface area (Å²) in [5, 5.41) is 18.5. The molecule has 5 heteroatoms. The molecule has 1 aromatic carbocycles. The third kappa shape index (κ3) is 4.37. The first-order valence-electron chi connectivity index (χ1n) is 6.11. The van der Waals surface area contributed by atoms with Crippen LogP contribution in [0, 0.1) is 6.92 Å². The topological polar surface area (TPSA) is 83.8 Å². The molecule has 19 heavy (non-hydrogen) atoms. The van der Waals surface area contributed by atoms with Crippen LogP contribution in [0.1, 0.15) is 36.1 Å². The van der Waals surface area contributed by atoms with Gasteiger partial charge in [0.25, 0.3) is 0 Å². The fourth-order valence-corrected chi connectivity index (χ4v) is 1.80. The molecule has 1 rings (SSSR count). The second kappa shape index (κ2) is 6.89. The van der Waals surface area contributed by atoms with Crippen molar-refractivity contribution in [3.05, 3.63) is 34.9 Å². The highest BCUT2D eigenvalue weighted by atomic mass is 16.5. The van der Waals surface area contributed by atoms with E-state index in [9.17, 15) is 14.7 Å². The minimum atomic E-state index is -1.57. The van der Waals surface area contributed by atoms with Gasteiger partial charge in [0.1, 0.15) is 0 Å². The number of hydrogen-bond donors (Lipinski definition) is 2. The van der Waals surface area contributed by atoms with Crippen molar-refractivity contribution < 1.29 is 24.5 Å². The quantitative estimate of drug-likeness (QED) is 0.764. The predicted molar refractivity (Wildman–Crippen MR) is 68.7 cm³/mol. The third-order valence-electron chi connectivity index (χ3n) is 2.73. The maximum atomic E-state index is 11.3. The molecule has 0 bridgehead atoms. The zero-order chi connectivity index (χ0) is 14.4. The van der Waals surface area contributed by atoms with E-state index in [1.807, 2.05) is 13.0 Å². The molecule has 104 valence electrons. The van der Waals surface area contributed by atoms with Gasteiger partial charge in [-0.1, -0.05) is 23.8 Å². The van der Waals surface area contributed by atoms with E-state index < -0.39 is 12.1 Å². The first-order chi connectivity index (χ1) is 8.95. The van der Waals surface area contributed by atoms with Crippen molar-refractivity contribution in [3.63, 3.8) is 0 Å². The van der Waals surface area contributed by atoms with E-state index in [4.69, 9.17) is 9.84 Å². The van der Waals surface area contributed by atoms with Gasteiger partial charge in [-0.3, -0.25) is 4.79 Å². The van der Waals surface area contributed by atoms with Crippen molar-refractivity contribution in [1.82, 2.24) is 0 Å². The van der Waals surface area contributed by atoms with E-state index in [-0.39, 0.29) is 12.4 Å². The zero-order valence-electron chi connectivity index (χ0n) is 11.0. The van der Waals surface area contributed by atoms with Crippen LogP contribution in [0.5, 0.6) is 0 Å². The normalized spacial score (nSPS) is 11.9. The zero-order valence-corrected chi connectivity index (χ0v) is 11.0. The molecule has 0 saturated heterocycles. The fourth-order valence-electron chi connectivity index (χ4n) is 1.80. The van der Waals surface area contributed by atoms with Gasteiger partial charge in [0.05, 0.1) is 6.61 Å². The number of aliphatic carboxylic acids is 1. The van der Waals surface area contributed by atoms with Gasteiger partial charge < -0.3 is 14.9 Å². The van der Waals surface area contributed by atoms with Crippen LogP contribution < -0.4 is 0 Å². The standard InChI is InChI=1S/C14H18O5/c1-3-19-12(15)7-6-10-5-4-9(2)8-11(10)13(16)14(17)18/h4-5,8,13,16H,3,6-7H2,1-2H3,(H,17,18). The van der Waals surface area contributed by atoms with Crippen LogP contribution in [0.15, 0.2) is 18.2 Å². The fraction of sp³-hybridized carbons (Fsp3) is 0.429. The number of esters is 1. The molecule has 5 nitrogen and oxygen atoms in total. The van der Waals surface area contributed by atoms with Gasteiger partial charge in [0.15, 0.2) is 6.10 Å². The third-order valence-corrected chi connectivity index (χ3v) is 2.73. The van der Waals surface area contributed by atoms with Crippen LogP contribution in [0.2, 0.25) is 0 Å². The number of aryl methyl sites for hydroxylation is 2. The summed E-state index contributed by atoms with van der Waals surface area (Å²) in [4.78, 5) is 22.2. The first kappa shape index (κ1) is 15.2. The summed E-state index contributed by atoms with van der Waals surface area (Å²) < 4.78 is 4.82. The Morgan fingerprint density at radius 1 is 1.37 bits per heavy atom. The van der Waals surface area contributed by atoms with Crippen LogP contribution >= 0.6 is 0 Å². The molecule has 0 aromatic heterocycles. The number of benzene rings is 1. The minimum Gasteiger partial charge on any atom is -0.479 e. The molecular formula is C14H18O5. The van der Waals surface area contributed by atoms with Crippen LogP contribution in [0.25, 0.3) is 0 Å². The van der Waals surface area contributed by atoms with Crippen LogP contribution in [-0.4, -0.2) is 28.8 Å². The number of carbonyl (C=O) groups excluding carboxylic acids is 1. The van der Waals surface area contributed by atoms with Gasteiger partial charge in [-0.05, 0) is 31.4 Å². The summed E-state index contributed by atoms with van der Waals surface area (Å²) in [7, 11) is 0. The average molecular weight is 266 g/mol. The van der Waals surface area contributed by atoms with E-state index in [2.05, 4.69) is 0 Å². The lowest BCUT2D eigenvalue weighted by Gasteiger charge is -2.13. The van der Waals surface area contributed by atoms with Gasteiger partial charge in [-0.25, -0.2) is 4.79 Å². The number of carboxylic acids is 1. The van der Waals surface area contributed by atoms with E-state index in [1.54, 1.807) is 19.1 Å². The van der Waals surface area contributed by atoms with Crippen molar-refractivity contribution >= 4 is 11.9 Å². The molecule has 1 atom stereocenters. The summed E-state index contributed by atoms with van der Waals surface area (Å²) in [6.07, 6.45) is -1.06. The second-order valence-corrected chi connectivity index (χ2v) is 4.25. The molecule has 0 aliphatic heterocycles. The van der Waals surface area contributed by atoms with Gasteiger partial charge in [0.2, 0.25) is 0 Å². The molecule has 1 unspecified atom stereocenters. The molecule has 0 radical (unpaired) electrons. The van der Waals surface area contributed by atoms with E-state index in [1.165, 1.54) is 0 Å². The Hall–Kier alpha value is -1.88. The SMILES string of the molecule is CCOC(=O)CCc1ccc(C)cc1C(O)C(=O)O. The minimum absolute atomic E-state index is 0.163. The predicted octanol–water partition coefficient (Wildman–Crippen LogP) is 1.61. The largest absolute Gasteiger partial charge is 0.479 e. The van der Waals surface area contributed by atoms with Crippen LogP contribution in [0.3, 0.4) is 0 Å². The highest BCUT2D eigenvalue weighted by Crippen LogP contribution is 2.21. The smallest absolute Gasteiger partial charge is 0.337 e. The maximum Gasteiger partial charge on any atom is 0.337 e. The number of aliphatic hydroxyl groups is 1. The van der Waals surface area contributed by atoms with Crippen molar-refractivity contribution in [2.24, 2.45) is 0 Å².